The Hall–Kier alpha value is -1.82. The maximum atomic E-state index is 4.66. The first-order chi connectivity index (χ1) is 13.9. The predicted octanol–water partition coefficient (Wildman–Crippen LogP) is 4.25. The molecule has 2 aromatic heterocycles. The molecule has 2 saturated carbocycles. The number of hydrogen-bond donors (Lipinski definition) is 0. The molecular formula is C22H17FeN5S+2. The van der Waals surface area contributed by atoms with Gasteiger partial charge in [-0.15, -0.1) is 0 Å². The molecule has 0 spiro atoms. The van der Waals surface area contributed by atoms with Crippen molar-refractivity contribution in [3.63, 3.8) is 0 Å². The molecule has 0 aliphatic heterocycles. The topological polar surface area (TPSA) is 56.0 Å². The summed E-state index contributed by atoms with van der Waals surface area (Å²) in [6.45, 7) is 0. The van der Waals surface area contributed by atoms with Crippen molar-refractivity contribution in [3.8, 4) is 5.00 Å². The quantitative estimate of drug-likeness (QED) is 0.451. The van der Waals surface area contributed by atoms with Crippen LogP contribution in [0.1, 0.15) is 11.3 Å². The van der Waals surface area contributed by atoms with Gasteiger partial charge in [-0.1, -0.05) is 41.7 Å². The number of nitrogens with zero attached hydrogens (tertiary/aromatic N) is 5. The van der Waals surface area contributed by atoms with Crippen LogP contribution in [0.5, 0.6) is 0 Å². The first-order valence-electron chi connectivity index (χ1n) is 8.74. The molecule has 0 unspecified atom stereocenters. The number of aliphatic imine (C=N–C) groups is 1. The van der Waals surface area contributed by atoms with Crippen molar-refractivity contribution in [2.45, 2.75) is 0 Å². The second kappa shape index (κ2) is 11.4. The van der Waals surface area contributed by atoms with Gasteiger partial charge in [-0.3, -0.25) is 0 Å². The standard InChI is InChI=1S/C17H12N5S.C5H5.Fe/c1-2-6-13(7-3-1)10-19-17-21-15(14-8-4-5-9-14)16(23-17)22-12-18-11-20-22;1-2-4-5-3-1;/h1-12H;1-5H;/q;;+2/b19-10+;;. The Morgan fingerprint density at radius 2 is 1.59 bits per heavy atom. The fourth-order valence-corrected chi connectivity index (χ4v) is 3.40. The SMILES string of the molecule is [CH]1[CH][CH][CH][CH]1.[CH]1[CH][CH][C](c2nc(/N=C/c3ccccc3)sc2-n2cncn2)[CH]1.[Fe+2]. The van der Waals surface area contributed by atoms with Crippen molar-refractivity contribution in [1.82, 2.24) is 19.7 Å². The number of thiazole rings is 1. The van der Waals surface area contributed by atoms with Crippen molar-refractivity contribution < 1.29 is 17.1 Å². The molecule has 3 aromatic rings. The Labute approximate surface area is 187 Å². The van der Waals surface area contributed by atoms with E-state index in [0.29, 0.717) is 5.13 Å². The molecule has 0 N–H and O–H groups in total. The molecule has 1 aromatic carbocycles. The Balaban J connectivity index is 0.000000352. The Morgan fingerprint density at radius 1 is 0.897 bits per heavy atom. The van der Waals surface area contributed by atoms with Gasteiger partial charge in [-0.25, -0.2) is 19.6 Å². The minimum Gasteiger partial charge on any atom is -0.227 e. The molecule has 2 fully saturated rings. The maximum absolute atomic E-state index is 4.66. The summed E-state index contributed by atoms with van der Waals surface area (Å²) in [6.07, 6.45) is 23.0. The molecule has 5 nitrogen and oxygen atoms in total. The third kappa shape index (κ3) is 6.08. The van der Waals surface area contributed by atoms with Crippen molar-refractivity contribution in [3.05, 3.63) is 118 Å². The summed E-state index contributed by atoms with van der Waals surface area (Å²) in [7, 11) is 0. The van der Waals surface area contributed by atoms with E-state index in [9.17, 15) is 0 Å². The summed E-state index contributed by atoms with van der Waals surface area (Å²) in [5, 5.41) is 5.81. The van der Waals surface area contributed by atoms with Crippen LogP contribution >= 0.6 is 11.3 Å². The zero-order chi connectivity index (χ0) is 19.0. The summed E-state index contributed by atoms with van der Waals surface area (Å²) in [4.78, 5) is 13.2. The number of hydrogen-bond acceptors (Lipinski definition) is 5. The van der Waals surface area contributed by atoms with Crippen LogP contribution in [0.25, 0.3) is 5.00 Å². The van der Waals surface area contributed by atoms with Gasteiger partial charge in [-0.2, -0.15) is 5.10 Å². The zero-order valence-corrected chi connectivity index (χ0v) is 17.2. The Morgan fingerprint density at radius 3 is 2.21 bits per heavy atom. The molecular weight excluding hydrogens is 422 g/mol. The Bertz CT molecular complexity index is 858. The molecule has 0 amide bonds. The van der Waals surface area contributed by atoms with Crippen LogP contribution in [0, 0.1) is 63.7 Å². The summed E-state index contributed by atoms with van der Waals surface area (Å²) in [5.41, 5.74) is 1.91. The van der Waals surface area contributed by atoms with Crippen molar-refractivity contribution >= 4 is 22.7 Å². The first-order valence-corrected chi connectivity index (χ1v) is 9.55. The molecule has 0 bridgehead atoms. The molecule has 142 valence electrons. The van der Waals surface area contributed by atoms with E-state index in [0.717, 1.165) is 22.2 Å². The van der Waals surface area contributed by atoms with Crippen LogP contribution < -0.4 is 0 Å². The maximum Gasteiger partial charge on any atom is 2.00 e. The number of rotatable bonds is 4. The van der Waals surface area contributed by atoms with E-state index in [2.05, 4.69) is 20.1 Å². The van der Waals surface area contributed by atoms with Gasteiger partial charge >= 0.3 is 17.1 Å². The number of aromatic nitrogens is 4. The van der Waals surface area contributed by atoms with Gasteiger partial charge in [0.15, 0.2) is 0 Å². The summed E-state index contributed by atoms with van der Waals surface area (Å²) in [6, 6.07) is 9.97. The van der Waals surface area contributed by atoms with E-state index in [-0.39, 0.29) is 17.1 Å². The molecule has 0 atom stereocenters. The van der Waals surface area contributed by atoms with Crippen LogP contribution in [0.3, 0.4) is 0 Å². The normalized spacial score (nSPS) is 16.6. The third-order valence-corrected chi connectivity index (χ3v) is 4.79. The van der Waals surface area contributed by atoms with Crippen LogP contribution in [0.2, 0.25) is 0 Å². The summed E-state index contributed by atoms with van der Waals surface area (Å²) in [5.74, 6) is 1.05. The van der Waals surface area contributed by atoms with E-state index in [1.165, 1.54) is 17.7 Å². The molecule has 0 saturated heterocycles. The van der Waals surface area contributed by atoms with Gasteiger partial charge in [0.1, 0.15) is 17.7 Å². The van der Waals surface area contributed by atoms with E-state index in [1.54, 1.807) is 11.0 Å². The van der Waals surface area contributed by atoms with Gasteiger partial charge in [0.05, 0.1) is 5.69 Å². The van der Waals surface area contributed by atoms with Gasteiger partial charge in [-0.05, 0) is 63.4 Å². The van der Waals surface area contributed by atoms with Crippen LogP contribution in [0.4, 0.5) is 5.13 Å². The largest absolute Gasteiger partial charge is 2.00 e. The average molecular weight is 439 g/mol. The first kappa shape index (κ1) is 21.9. The molecule has 29 heavy (non-hydrogen) atoms. The van der Waals surface area contributed by atoms with Gasteiger partial charge < -0.3 is 0 Å². The van der Waals surface area contributed by atoms with Gasteiger partial charge in [0.2, 0.25) is 5.13 Å². The second-order valence-corrected chi connectivity index (χ2v) is 6.75. The van der Waals surface area contributed by atoms with Crippen molar-refractivity contribution in [1.29, 1.82) is 0 Å². The third-order valence-electron chi connectivity index (χ3n) is 3.84. The average Bonchev–Trinajstić information content (AvgIpc) is 3.53. The van der Waals surface area contributed by atoms with Crippen molar-refractivity contribution in [2.24, 2.45) is 4.99 Å². The van der Waals surface area contributed by atoms with E-state index in [1.807, 2.05) is 94.3 Å². The number of benzene rings is 1. The van der Waals surface area contributed by atoms with E-state index in [4.69, 9.17) is 0 Å². The molecule has 10 radical (unpaired) electrons. The molecule has 7 heteroatoms. The smallest absolute Gasteiger partial charge is 0.227 e. The fourth-order valence-electron chi connectivity index (χ4n) is 2.53. The van der Waals surface area contributed by atoms with Crippen LogP contribution in [-0.4, -0.2) is 26.0 Å². The van der Waals surface area contributed by atoms with Crippen molar-refractivity contribution in [2.75, 3.05) is 0 Å². The monoisotopic (exact) mass is 439 g/mol. The van der Waals surface area contributed by atoms with Crippen LogP contribution in [-0.2, 0) is 17.1 Å². The van der Waals surface area contributed by atoms with E-state index >= 15 is 0 Å². The predicted molar refractivity (Wildman–Crippen MR) is 112 cm³/mol. The molecule has 2 aliphatic rings. The minimum atomic E-state index is 0. The van der Waals surface area contributed by atoms with Gasteiger partial charge in [0.25, 0.3) is 0 Å². The summed E-state index contributed by atoms with van der Waals surface area (Å²) >= 11 is 1.49. The zero-order valence-electron chi connectivity index (χ0n) is 15.3. The summed E-state index contributed by atoms with van der Waals surface area (Å²) < 4.78 is 1.72. The van der Waals surface area contributed by atoms with Gasteiger partial charge in [0, 0.05) is 12.1 Å². The van der Waals surface area contributed by atoms with Crippen LogP contribution in [0.15, 0.2) is 48.0 Å². The second-order valence-electron chi connectivity index (χ2n) is 5.79. The van der Waals surface area contributed by atoms with E-state index < -0.39 is 0 Å². The fraction of sp³-hybridized carbons (Fsp3) is 0. The molecule has 2 heterocycles. The molecule has 2 aliphatic carbocycles. The minimum absolute atomic E-state index is 0. The molecule has 5 rings (SSSR count). The Kier molecular flexibility index (Phi) is 8.59.